The highest BCUT2D eigenvalue weighted by molar-refractivity contribution is 5.68. The van der Waals surface area contributed by atoms with Crippen molar-refractivity contribution in [3.05, 3.63) is 0 Å². The Labute approximate surface area is 92.6 Å². The number of amides is 1. The van der Waals surface area contributed by atoms with Crippen LogP contribution in [0.4, 0.5) is 4.79 Å². The van der Waals surface area contributed by atoms with Crippen LogP contribution in [0.5, 0.6) is 0 Å². The third-order valence-corrected chi connectivity index (χ3v) is 1.97. The fourth-order valence-corrected chi connectivity index (χ4v) is 1.35. The lowest BCUT2D eigenvalue weighted by molar-refractivity contribution is 0.0482. The van der Waals surface area contributed by atoms with Crippen LogP contribution in [-0.2, 0) is 4.74 Å². The summed E-state index contributed by atoms with van der Waals surface area (Å²) in [5.74, 6) is 0.289. The molecular weight excluding hydrogens is 192 g/mol. The van der Waals surface area contributed by atoms with Crippen LogP contribution >= 0.6 is 0 Å². The van der Waals surface area contributed by atoms with E-state index in [9.17, 15) is 4.79 Å². The molecule has 15 heavy (non-hydrogen) atoms. The summed E-state index contributed by atoms with van der Waals surface area (Å²) < 4.78 is 5.16. The first-order chi connectivity index (χ1) is 6.63. The van der Waals surface area contributed by atoms with Crippen molar-refractivity contribution in [1.29, 1.82) is 0 Å². The second kappa shape index (κ2) is 5.35. The maximum Gasteiger partial charge on any atom is 0.407 e. The van der Waals surface area contributed by atoms with Gasteiger partial charge in [0.15, 0.2) is 0 Å². The van der Waals surface area contributed by atoms with E-state index in [4.69, 9.17) is 10.5 Å². The molecule has 0 aliphatic rings. The zero-order chi connectivity index (χ0) is 12.2. The van der Waals surface area contributed by atoms with E-state index in [1.165, 1.54) is 0 Å². The van der Waals surface area contributed by atoms with Gasteiger partial charge in [0.25, 0.3) is 0 Å². The Bertz CT molecular complexity index is 199. The number of carbonyl (C=O) groups excluding carboxylic acids is 1. The van der Waals surface area contributed by atoms with E-state index >= 15 is 0 Å². The molecule has 0 aliphatic carbocycles. The van der Waals surface area contributed by atoms with Crippen LogP contribution in [0.2, 0.25) is 0 Å². The molecule has 0 aromatic heterocycles. The Morgan fingerprint density at radius 2 is 1.73 bits per heavy atom. The maximum atomic E-state index is 11.5. The fraction of sp³-hybridized carbons (Fsp3) is 0.909. The highest BCUT2D eigenvalue weighted by atomic mass is 16.6. The Kier molecular flexibility index (Phi) is 5.08. The number of alkyl carbamates (subject to hydrolysis) is 1. The molecule has 0 heterocycles. The Balaban J connectivity index is 4.25. The summed E-state index contributed by atoms with van der Waals surface area (Å²) in [6, 6.07) is -0.141. The summed E-state index contributed by atoms with van der Waals surface area (Å²) in [6.45, 7) is 11.4. The van der Waals surface area contributed by atoms with Gasteiger partial charge in [-0.25, -0.2) is 4.79 Å². The lowest BCUT2D eigenvalue weighted by Gasteiger charge is -2.28. The number of rotatable bonds is 3. The molecule has 1 amide bonds. The molecule has 2 unspecified atom stereocenters. The van der Waals surface area contributed by atoms with Gasteiger partial charge in [0, 0.05) is 12.1 Å². The molecular formula is C11H24N2O2. The molecule has 0 aromatic carbocycles. The highest BCUT2D eigenvalue weighted by Crippen LogP contribution is 2.09. The number of carbonyl (C=O) groups is 1. The van der Waals surface area contributed by atoms with Crippen LogP contribution in [-0.4, -0.2) is 23.8 Å². The highest BCUT2D eigenvalue weighted by Gasteiger charge is 2.23. The van der Waals surface area contributed by atoms with Gasteiger partial charge in [0.2, 0.25) is 0 Å². The lowest BCUT2D eigenvalue weighted by Crippen LogP contribution is -2.50. The molecule has 0 spiro atoms. The monoisotopic (exact) mass is 216 g/mol. The quantitative estimate of drug-likeness (QED) is 0.757. The van der Waals surface area contributed by atoms with E-state index in [0.717, 1.165) is 0 Å². The van der Waals surface area contributed by atoms with Crippen LogP contribution in [0.15, 0.2) is 0 Å². The second-order valence-electron chi connectivity index (χ2n) is 5.28. The molecule has 0 rings (SSSR count). The average molecular weight is 216 g/mol. The van der Waals surface area contributed by atoms with Gasteiger partial charge in [-0.05, 0) is 33.6 Å². The topological polar surface area (TPSA) is 64.3 Å². The Morgan fingerprint density at radius 3 is 2.00 bits per heavy atom. The molecule has 2 atom stereocenters. The first-order valence-electron chi connectivity index (χ1n) is 5.38. The van der Waals surface area contributed by atoms with Gasteiger partial charge >= 0.3 is 6.09 Å². The second-order valence-corrected chi connectivity index (χ2v) is 5.28. The number of ether oxygens (including phenoxy) is 1. The van der Waals surface area contributed by atoms with E-state index in [2.05, 4.69) is 5.32 Å². The van der Waals surface area contributed by atoms with E-state index in [-0.39, 0.29) is 18.0 Å². The van der Waals surface area contributed by atoms with Crippen LogP contribution in [0.25, 0.3) is 0 Å². The van der Waals surface area contributed by atoms with E-state index in [0.29, 0.717) is 0 Å². The number of hydrogen-bond donors (Lipinski definition) is 2. The molecule has 4 heteroatoms. The van der Waals surface area contributed by atoms with E-state index in [1.807, 2.05) is 41.5 Å². The maximum absolute atomic E-state index is 11.5. The molecule has 0 aromatic rings. The van der Waals surface area contributed by atoms with Gasteiger partial charge in [0.1, 0.15) is 5.60 Å². The van der Waals surface area contributed by atoms with Gasteiger partial charge in [-0.2, -0.15) is 0 Å². The van der Waals surface area contributed by atoms with Crippen molar-refractivity contribution in [2.45, 2.75) is 59.2 Å². The van der Waals surface area contributed by atoms with Crippen molar-refractivity contribution >= 4 is 6.09 Å². The minimum atomic E-state index is -0.469. The summed E-state index contributed by atoms with van der Waals surface area (Å²) in [7, 11) is 0. The average Bonchev–Trinajstić information content (AvgIpc) is 1.95. The first-order valence-corrected chi connectivity index (χ1v) is 5.38. The molecule has 90 valence electrons. The van der Waals surface area contributed by atoms with Crippen LogP contribution < -0.4 is 11.1 Å². The van der Waals surface area contributed by atoms with Crippen molar-refractivity contribution in [3.8, 4) is 0 Å². The molecule has 3 N–H and O–H groups in total. The molecule has 0 bridgehead atoms. The zero-order valence-corrected chi connectivity index (χ0v) is 10.6. The third-order valence-electron chi connectivity index (χ3n) is 1.97. The van der Waals surface area contributed by atoms with E-state index < -0.39 is 11.7 Å². The molecule has 0 saturated carbocycles. The SMILES string of the molecule is CC(C)C(NC(=O)OC(C)(C)C)C(C)N. The summed E-state index contributed by atoms with van der Waals surface area (Å²) in [5, 5.41) is 2.79. The van der Waals surface area contributed by atoms with Gasteiger partial charge in [-0.3, -0.25) is 0 Å². The molecule has 0 fully saturated rings. The van der Waals surface area contributed by atoms with Gasteiger partial charge in [-0.1, -0.05) is 13.8 Å². The first kappa shape index (κ1) is 14.2. The smallest absolute Gasteiger partial charge is 0.407 e. The number of nitrogens with one attached hydrogen (secondary N) is 1. The van der Waals surface area contributed by atoms with Gasteiger partial charge < -0.3 is 15.8 Å². The fourth-order valence-electron chi connectivity index (χ4n) is 1.35. The lowest BCUT2D eigenvalue weighted by atomic mass is 9.98. The van der Waals surface area contributed by atoms with E-state index in [1.54, 1.807) is 0 Å². The predicted molar refractivity (Wildman–Crippen MR) is 61.6 cm³/mol. The largest absolute Gasteiger partial charge is 0.444 e. The molecule has 4 nitrogen and oxygen atoms in total. The Morgan fingerprint density at radius 1 is 1.27 bits per heavy atom. The summed E-state index contributed by atoms with van der Waals surface area (Å²) in [5.41, 5.74) is 5.31. The van der Waals surface area contributed by atoms with Crippen molar-refractivity contribution in [2.75, 3.05) is 0 Å². The molecule has 0 radical (unpaired) electrons. The van der Waals surface area contributed by atoms with Gasteiger partial charge in [0.05, 0.1) is 0 Å². The van der Waals surface area contributed by atoms with Crippen molar-refractivity contribution < 1.29 is 9.53 Å². The minimum Gasteiger partial charge on any atom is -0.444 e. The Hall–Kier alpha value is -0.770. The summed E-state index contributed by atoms with van der Waals surface area (Å²) >= 11 is 0. The summed E-state index contributed by atoms with van der Waals surface area (Å²) in [4.78, 5) is 11.5. The molecule has 0 saturated heterocycles. The van der Waals surface area contributed by atoms with Crippen molar-refractivity contribution in [3.63, 3.8) is 0 Å². The van der Waals surface area contributed by atoms with Crippen molar-refractivity contribution in [1.82, 2.24) is 5.32 Å². The van der Waals surface area contributed by atoms with Crippen LogP contribution in [0, 0.1) is 5.92 Å². The third kappa shape index (κ3) is 6.33. The molecule has 0 aliphatic heterocycles. The van der Waals surface area contributed by atoms with Crippen LogP contribution in [0.1, 0.15) is 41.5 Å². The normalized spacial score (nSPS) is 16.0. The predicted octanol–water partition coefficient (Wildman–Crippen LogP) is 1.88. The van der Waals surface area contributed by atoms with Crippen molar-refractivity contribution in [2.24, 2.45) is 11.7 Å². The summed E-state index contributed by atoms with van der Waals surface area (Å²) in [6.07, 6.45) is -0.404. The standard InChI is InChI=1S/C11H24N2O2/c1-7(2)9(8(3)12)13-10(14)15-11(4,5)6/h7-9H,12H2,1-6H3,(H,13,14). The number of hydrogen-bond acceptors (Lipinski definition) is 3. The number of nitrogens with two attached hydrogens (primary N) is 1. The minimum absolute atomic E-state index is 0.0557. The van der Waals surface area contributed by atoms with Gasteiger partial charge in [-0.15, -0.1) is 0 Å². The zero-order valence-electron chi connectivity index (χ0n) is 10.6. The van der Waals surface area contributed by atoms with Crippen LogP contribution in [0.3, 0.4) is 0 Å².